The van der Waals surface area contributed by atoms with Crippen molar-refractivity contribution in [2.24, 2.45) is 11.8 Å². The molecule has 0 aromatic rings. The summed E-state index contributed by atoms with van der Waals surface area (Å²) in [6, 6.07) is 0.124. The van der Waals surface area contributed by atoms with Gasteiger partial charge >= 0.3 is 0 Å². The third-order valence-corrected chi connectivity index (χ3v) is 6.67. The van der Waals surface area contributed by atoms with E-state index in [1.165, 1.54) is 13.8 Å². The Kier molecular flexibility index (Phi) is 3.22. The van der Waals surface area contributed by atoms with Crippen molar-refractivity contribution < 1.29 is 13.2 Å². The van der Waals surface area contributed by atoms with Gasteiger partial charge in [-0.15, -0.1) is 0 Å². The second kappa shape index (κ2) is 4.20. The molecule has 0 spiro atoms. The Bertz CT molecular complexity index is 458. The van der Waals surface area contributed by atoms with Crippen LogP contribution in [-0.4, -0.2) is 55.9 Å². The van der Waals surface area contributed by atoms with Crippen molar-refractivity contribution in [1.29, 1.82) is 0 Å². The lowest BCUT2D eigenvalue weighted by atomic mass is 9.95. The molecule has 0 aliphatic carbocycles. The molecule has 2 aliphatic heterocycles. The van der Waals surface area contributed by atoms with Crippen molar-refractivity contribution in [1.82, 2.24) is 10.2 Å². The Morgan fingerprint density at radius 1 is 1.33 bits per heavy atom. The van der Waals surface area contributed by atoms with Crippen LogP contribution in [0.15, 0.2) is 0 Å². The average molecular weight is 274 g/mol. The molecular weight excluding hydrogens is 252 g/mol. The topological polar surface area (TPSA) is 66.5 Å². The highest BCUT2D eigenvalue weighted by molar-refractivity contribution is 7.92. The predicted molar refractivity (Wildman–Crippen MR) is 69.9 cm³/mol. The highest BCUT2D eigenvalue weighted by Crippen LogP contribution is 2.34. The first kappa shape index (κ1) is 13.8. The summed E-state index contributed by atoms with van der Waals surface area (Å²) in [4.78, 5) is 14.2. The molecular formula is C12H22N2O3S. The molecule has 5 nitrogen and oxygen atoms in total. The van der Waals surface area contributed by atoms with E-state index in [9.17, 15) is 13.2 Å². The van der Waals surface area contributed by atoms with E-state index in [1.54, 1.807) is 4.90 Å². The fourth-order valence-electron chi connectivity index (χ4n) is 2.94. The van der Waals surface area contributed by atoms with E-state index in [1.807, 2.05) is 6.92 Å². The largest absolute Gasteiger partial charge is 0.338 e. The number of amides is 1. The Balaban J connectivity index is 2.21. The van der Waals surface area contributed by atoms with E-state index in [0.29, 0.717) is 18.4 Å². The minimum atomic E-state index is -3.39. The summed E-state index contributed by atoms with van der Waals surface area (Å²) in [5.41, 5.74) is 0. The van der Waals surface area contributed by atoms with Crippen molar-refractivity contribution in [3.8, 4) is 0 Å². The fraction of sp³-hybridized carbons (Fsp3) is 0.917. The second-order valence-electron chi connectivity index (χ2n) is 6.06. The van der Waals surface area contributed by atoms with Gasteiger partial charge in [0.05, 0.1) is 0 Å². The smallest absolute Gasteiger partial charge is 0.243 e. The molecule has 6 heteroatoms. The minimum Gasteiger partial charge on any atom is -0.338 e. The van der Waals surface area contributed by atoms with Gasteiger partial charge in [-0.05, 0) is 32.6 Å². The molecule has 0 aromatic carbocycles. The molecule has 2 aliphatic rings. The second-order valence-corrected chi connectivity index (χ2v) is 8.63. The molecule has 1 amide bonds. The van der Waals surface area contributed by atoms with Crippen LogP contribution in [0, 0.1) is 11.8 Å². The van der Waals surface area contributed by atoms with Gasteiger partial charge < -0.3 is 10.2 Å². The fourth-order valence-corrected chi connectivity index (χ4v) is 3.37. The number of fused-ring (bicyclic) bond motifs is 1. The van der Waals surface area contributed by atoms with Gasteiger partial charge in [-0.2, -0.15) is 0 Å². The Morgan fingerprint density at radius 3 is 2.44 bits per heavy atom. The zero-order chi connectivity index (χ0) is 13.7. The van der Waals surface area contributed by atoms with Crippen LogP contribution in [0.1, 0.15) is 20.8 Å². The highest BCUT2D eigenvalue weighted by atomic mass is 32.2. The maximum absolute atomic E-state index is 12.5. The Morgan fingerprint density at radius 2 is 1.94 bits per heavy atom. The number of hydrogen-bond acceptors (Lipinski definition) is 4. The molecule has 0 radical (unpaired) electrons. The average Bonchev–Trinajstić information content (AvgIpc) is 2.79. The SMILES string of the molecule is CC1C2CNCC2CN1C(=O)C(C)(C)S(C)(=O)=O. The van der Waals surface area contributed by atoms with Crippen LogP contribution in [0.5, 0.6) is 0 Å². The third-order valence-electron chi connectivity index (χ3n) is 4.64. The lowest BCUT2D eigenvalue weighted by molar-refractivity contribution is -0.134. The molecule has 18 heavy (non-hydrogen) atoms. The zero-order valence-electron chi connectivity index (χ0n) is 11.4. The molecule has 104 valence electrons. The molecule has 2 rings (SSSR count). The van der Waals surface area contributed by atoms with Gasteiger partial charge in [0.1, 0.15) is 4.75 Å². The van der Waals surface area contributed by atoms with Crippen LogP contribution in [0.4, 0.5) is 0 Å². The van der Waals surface area contributed by atoms with Gasteiger partial charge in [-0.25, -0.2) is 8.42 Å². The summed E-state index contributed by atoms with van der Waals surface area (Å²) in [5, 5.41) is 3.33. The lowest BCUT2D eigenvalue weighted by Gasteiger charge is -2.32. The quantitative estimate of drug-likeness (QED) is 0.762. The van der Waals surface area contributed by atoms with Crippen LogP contribution in [-0.2, 0) is 14.6 Å². The third kappa shape index (κ3) is 1.95. The number of hydrogen-bond donors (Lipinski definition) is 1. The molecule has 2 fully saturated rings. The number of nitrogens with one attached hydrogen (secondary N) is 1. The van der Waals surface area contributed by atoms with E-state index < -0.39 is 14.6 Å². The standard InChI is InChI=1S/C12H22N2O3S/c1-8-10-6-13-5-9(10)7-14(8)11(15)12(2,3)18(4,16)17/h8-10,13H,5-7H2,1-4H3. The monoisotopic (exact) mass is 274 g/mol. The Labute approximate surface area is 109 Å². The Hall–Kier alpha value is -0.620. The van der Waals surface area contributed by atoms with Crippen LogP contribution in [0.2, 0.25) is 0 Å². The van der Waals surface area contributed by atoms with Gasteiger partial charge in [0.2, 0.25) is 5.91 Å². The maximum Gasteiger partial charge on any atom is 0.243 e. The molecule has 0 aromatic heterocycles. The van der Waals surface area contributed by atoms with Crippen LogP contribution in [0.25, 0.3) is 0 Å². The van der Waals surface area contributed by atoms with Gasteiger partial charge in [0.25, 0.3) is 0 Å². The summed E-state index contributed by atoms with van der Waals surface area (Å²) < 4.78 is 22.2. The number of rotatable bonds is 2. The zero-order valence-corrected chi connectivity index (χ0v) is 12.3. The summed E-state index contributed by atoms with van der Waals surface area (Å²) in [7, 11) is -3.39. The molecule has 2 saturated heterocycles. The number of carbonyl (C=O) groups is 1. The minimum absolute atomic E-state index is 0.124. The van der Waals surface area contributed by atoms with E-state index in [2.05, 4.69) is 5.32 Å². The summed E-state index contributed by atoms with van der Waals surface area (Å²) >= 11 is 0. The predicted octanol–water partition coefficient (Wildman–Crippen LogP) is -0.124. The number of likely N-dealkylation sites (tertiary alicyclic amines) is 1. The van der Waals surface area contributed by atoms with Gasteiger partial charge in [0, 0.05) is 31.9 Å². The van der Waals surface area contributed by atoms with E-state index >= 15 is 0 Å². The molecule has 3 atom stereocenters. The van der Waals surface area contributed by atoms with Gasteiger partial charge in [-0.1, -0.05) is 0 Å². The first-order valence-electron chi connectivity index (χ1n) is 6.37. The summed E-state index contributed by atoms with van der Waals surface area (Å²) in [6.07, 6.45) is 1.13. The van der Waals surface area contributed by atoms with Crippen molar-refractivity contribution in [2.75, 3.05) is 25.9 Å². The van der Waals surface area contributed by atoms with Crippen molar-refractivity contribution in [3.63, 3.8) is 0 Å². The van der Waals surface area contributed by atoms with Gasteiger partial charge in [0.15, 0.2) is 9.84 Å². The van der Waals surface area contributed by atoms with E-state index in [-0.39, 0.29) is 11.9 Å². The normalized spacial score (nSPS) is 32.7. The van der Waals surface area contributed by atoms with Crippen molar-refractivity contribution >= 4 is 15.7 Å². The number of carbonyl (C=O) groups excluding carboxylic acids is 1. The molecule has 2 heterocycles. The van der Waals surface area contributed by atoms with Crippen molar-refractivity contribution in [2.45, 2.75) is 31.6 Å². The molecule has 1 N–H and O–H groups in total. The molecule has 3 unspecified atom stereocenters. The van der Waals surface area contributed by atoms with Crippen LogP contribution in [0.3, 0.4) is 0 Å². The lowest BCUT2D eigenvalue weighted by Crippen LogP contribution is -2.51. The summed E-state index contributed by atoms with van der Waals surface area (Å²) in [5.74, 6) is 0.676. The van der Waals surface area contributed by atoms with Crippen LogP contribution < -0.4 is 5.32 Å². The maximum atomic E-state index is 12.5. The number of sulfone groups is 1. The first-order valence-corrected chi connectivity index (χ1v) is 8.27. The van der Waals surface area contributed by atoms with Crippen LogP contribution >= 0.6 is 0 Å². The van der Waals surface area contributed by atoms with E-state index in [4.69, 9.17) is 0 Å². The van der Waals surface area contributed by atoms with Gasteiger partial charge in [-0.3, -0.25) is 4.79 Å². The molecule has 0 saturated carbocycles. The van der Waals surface area contributed by atoms with E-state index in [0.717, 1.165) is 19.3 Å². The summed E-state index contributed by atoms with van der Waals surface area (Å²) in [6.45, 7) is 7.56. The molecule has 0 bridgehead atoms. The van der Waals surface area contributed by atoms with Crippen molar-refractivity contribution in [3.05, 3.63) is 0 Å². The first-order chi connectivity index (χ1) is 8.16. The number of nitrogens with zero attached hydrogens (tertiary/aromatic N) is 1. The highest BCUT2D eigenvalue weighted by Gasteiger charge is 2.49.